The highest BCUT2D eigenvalue weighted by Gasteiger charge is 2.08. The molecule has 0 unspecified atom stereocenters. The fourth-order valence-electron chi connectivity index (χ4n) is 2.13. The van der Waals surface area contributed by atoms with Gasteiger partial charge in [-0.25, -0.2) is 9.67 Å². The summed E-state index contributed by atoms with van der Waals surface area (Å²) in [5.41, 5.74) is 5.17. The van der Waals surface area contributed by atoms with Crippen LogP contribution in [0.3, 0.4) is 0 Å². The van der Waals surface area contributed by atoms with Crippen LogP contribution in [0.1, 0.15) is 28.1 Å². The number of rotatable bonds is 3. The standard InChI is InChI=1S/C13H16ClN3/c1-9-4-10(2)12(11(3)5-9)7-17-13(6-14)15-8-16-17/h4-5,8H,6-7H2,1-3H3. The van der Waals surface area contributed by atoms with Gasteiger partial charge in [0.25, 0.3) is 0 Å². The molecule has 0 fully saturated rings. The first-order chi connectivity index (χ1) is 8.11. The lowest BCUT2D eigenvalue weighted by atomic mass is 10.00. The van der Waals surface area contributed by atoms with Crippen molar-refractivity contribution in [2.75, 3.05) is 0 Å². The molecule has 2 rings (SSSR count). The Bertz CT molecular complexity index is 508. The fraction of sp³-hybridized carbons (Fsp3) is 0.385. The maximum Gasteiger partial charge on any atom is 0.142 e. The van der Waals surface area contributed by atoms with Crippen LogP contribution in [0.5, 0.6) is 0 Å². The lowest BCUT2D eigenvalue weighted by Gasteiger charge is -2.12. The number of aromatic nitrogens is 3. The number of hydrogen-bond acceptors (Lipinski definition) is 2. The summed E-state index contributed by atoms with van der Waals surface area (Å²) in [6.45, 7) is 7.11. The molecule has 0 bridgehead atoms. The summed E-state index contributed by atoms with van der Waals surface area (Å²) in [6, 6.07) is 4.39. The monoisotopic (exact) mass is 249 g/mol. The van der Waals surface area contributed by atoms with Crippen LogP contribution < -0.4 is 0 Å². The van der Waals surface area contributed by atoms with E-state index in [4.69, 9.17) is 11.6 Å². The number of alkyl halides is 1. The summed E-state index contributed by atoms with van der Waals surface area (Å²) in [6.07, 6.45) is 1.55. The average Bonchev–Trinajstić information content (AvgIpc) is 2.70. The molecule has 0 N–H and O–H groups in total. The molecule has 0 aliphatic rings. The molecule has 0 atom stereocenters. The third-order valence-electron chi connectivity index (χ3n) is 2.96. The Hall–Kier alpha value is -1.35. The molecule has 0 aliphatic heterocycles. The van der Waals surface area contributed by atoms with E-state index in [0.29, 0.717) is 5.88 Å². The van der Waals surface area contributed by atoms with Crippen LogP contribution in [-0.2, 0) is 12.4 Å². The predicted molar refractivity (Wildman–Crippen MR) is 69.3 cm³/mol. The minimum absolute atomic E-state index is 0.393. The van der Waals surface area contributed by atoms with E-state index >= 15 is 0 Å². The Morgan fingerprint density at radius 3 is 2.41 bits per heavy atom. The molecule has 0 saturated heterocycles. The zero-order valence-electron chi connectivity index (χ0n) is 10.4. The highest BCUT2D eigenvalue weighted by Crippen LogP contribution is 2.18. The van der Waals surface area contributed by atoms with Crippen LogP contribution >= 0.6 is 11.6 Å². The molecule has 3 nitrogen and oxygen atoms in total. The third kappa shape index (κ3) is 2.50. The summed E-state index contributed by atoms with van der Waals surface area (Å²) in [5.74, 6) is 1.20. The van der Waals surface area contributed by atoms with Gasteiger partial charge in [0.05, 0.1) is 12.4 Å². The second-order valence-corrected chi connectivity index (χ2v) is 4.61. The first-order valence-electron chi connectivity index (χ1n) is 5.61. The molecule has 17 heavy (non-hydrogen) atoms. The average molecular weight is 250 g/mol. The Labute approximate surface area is 106 Å². The Kier molecular flexibility index (Phi) is 3.48. The third-order valence-corrected chi connectivity index (χ3v) is 3.20. The van der Waals surface area contributed by atoms with Crippen molar-refractivity contribution in [2.24, 2.45) is 0 Å². The molecule has 2 aromatic rings. The van der Waals surface area contributed by atoms with Crippen LogP contribution in [-0.4, -0.2) is 14.8 Å². The van der Waals surface area contributed by atoms with E-state index in [1.807, 2.05) is 4.68 Å². The topological polar surface area (TPSA) is 30.7 Å². The van der Waals surface area contributed by atoms with Crippen molar-refractivity contribution in [3.8, 4) is 0 Å². The van der Waals surface area contributed by atoms with Gasteiger partial charge in [-0.3, -0.25) is 0 Å². The molecule has 0 saturated carbocycles. The van der Waals surface area contributed by atoms with Crippen molar-refractivity contribution in [1.82, 2.24) is 14.8 Å². The summed E-state index contributed by atoms with van der Waals surface area (Å²) in [5, 5.41) is 4.21. The second kappa shape index (κ2) is 4.88. The van der Waals surface area contributed by atoms with Crippen molar-refractivity contribution in [3.63, 3.8) is 0 Å². The highest BCUT2D eigenvalue weighted by molar-refractivity contribution is 6.16. The van der Waals surface area contributed by atoms with Gasteiger partial charge in [-0.2, -0.15) is 5.10 Å². The zero-order chi connectivity index (χ0) is 12.4. The summed E-state index contributed by atoms with van der Waals surface area (Å²) in [4.78, 5) is 4.13. The van der Waals surface area contributed by atoms with Crippen molar-refractivity contribution in [1.29, 1.82) is 0 Å². The normalized spacial score (nSPS) is 10.8. The van der Waals surface area contributed by atoms with Gasteiger partial charge in [-0.15, -0.1) is 11.6 Å². The maximum absolute atomic E-state index is 5.82. The van der Waals surface area contributed by atoms with Crippen molar-refractivity contribution < 1.29 is 0 Å². The molecule has 0 aliphatic carbocycles. The lowest BCUT2D eigenvalue weighted by Crippen LogP contribution is -2.08. The van der Waals surface area contributed by atoms with Crippen molar-refractivity contribution in [3.05, 3.63) is 46.5 Å². The van der Waals surface area contributed by atoms with Crippen LogP contribution in [0.15, 0.2) is 18.5 Å². The smallest absolute Gasteiger partial charge is 0.142 e. The molecule has 4 heteroatoms. The minimum Gasteiger partial charge on any atom is -0.244 e. The molecule has 1 aromatic carbocycles. The van der Waals surface area contributed by atoms with Gasteiger partial charge < -0.3 is 0 Å². The van der Waals surface area contributed by atoms with Gasteiger partial charge in [-0.1, -0.05) is 17.7 Å². The van der Waals surface area contributed by atoms with Gasteiger partial charge >= 0.3 is 0 Å². The van der Waals surface area contributed by atoms with Crippen molar-refractivity contribution in [2.45, 2.75) is 33.2 Å². The Morgan fingerprint density at radius 1 is 1.18 bits per heavy atom. The molecular weight excluding hydrogens is 234 g/mol. The van der Waals surface area contributed by atoms with Crippen LogP contribution in [0.25, 0.3) is 0 Å². The maximum atomic E-state index is 5.82. The van der Waals surface area contributed by atoms with Crippen LogP contribution in [0.2, 0.25) is 0 Å². The molecule has 1 heterocycles. The number of halogens is 1. The van der Waals surface area contributed by atoms with E-state index < -0.39 is 0 Å². The van der Waals surface area contributed by atoms with Gasteiger partial charge in [0, 0.05) is 0 Å². The van der Waals surface area contributed by atoms with Gasteiger partial charge in [-0.05, 0) is 37.5 Å². The Morgan fingerprint density at radius 2 is 1.82 bits per heavy atom. The fourth-order valence-corrected chi connectivity index (χ4v) is 2.34. The number of aryl methyl sites for hydroxylation is 3. The van der Waals surface area contributed by atoms with Gasteiger partial charge in [0.1, 0.15) is 12.2 Å². The molecule has 0 radical (unpaired) electrons. The molecule has 0 spiro atoms. The van der Waals surface area contributed by atoms with E-state index in [2.05, 4.69) is 43.0 Å². The number of benzene rings is 1. The molecular formula is C13H16ClN3. The van der Waals surface area contributed by atoms with Gasteiger partial charge in [0.2, 0.25) is 0 Å². The van der Waals surface area contributed by atoms with E-state index in [-0.39, 0.29) is 0 Å². The molecule has 1 aromatic heterocycles. The molecule has 90 valence electrons. The van der Waals surface area contributed by atoms with E-state index in [9.17, 15) is 0 Å². The summed E-state index contributed by atoms with van der Waals surface area (Å²) >= 11 is 5.82. The van der Waals surface area contributed by atoms with Crippen LogP contribution in [0.4, 0.5) is 0 Å². The van der Waals surface area contributed by atoms with E-state index in [1.54, 1.807) is 6.33 Å². The highest BCUT2D eigenvalue weighted by atomic mass is 35.5. The van der Waals surface area contributed by atoms with Crippen molar-refractivity contribution >= 4 is 11.6 Å². The quantitative estimate of drug-likeness (QED) is 0.783. The Balaban J connectivity index is 2.36. The van der Waals surface area contributed by atoms with E-state index in [0.717, 1.165) is 12.4 Å². The second-order valence-electron chi connectivity index (χ2n) is 4.34. The van der Waals surface area contributed by atoms with Crippen LogP contribution in [0, 0.1) is 20.8 Å². The summed E-state index contributed by atoms with van der Waals surface area (Å²) < 4.78 is 1.86. The number of nitrogens with zero attached hydrogens (tertiary/aromatic N) is 3. The largest absolute Gasteiger partial charge is 0.244 e. The first-order valence-corrected chi connectivity index (χ1v) is 6.14. The first kappa shape index (κ1) is 12.1. The summed E-state index contributed by atoms with van der Waals surface area (Å²) in [7, 11) is 0. The minimum atomic E-state index is 0.393. The predicted octanol–water partition coefficient (Wildman–Crippen LogP) is 2.99. The number of hydrogen-bond donors (Lipinski definition) is 0. The van der Waals surface area contributed by atoms with E-state index in [1.165, 1.54) is 22.3 Å². The zero-order valence-corrected chi connectivity index (χ0v) is 11.1. The van der Waals surface area contributed by atoms with Gasteiger partial charge in [0.15, 0.2) is 0 Å². The lowest BCUT2D eigenvalue weighted by molar-refractivity contribution is 0.651. The molecule has 0 amide bonds. The SMILES string of the molecule is Cc1cc(C)c(Cn2ncnc2CCl)c(C)c1.